The molecule has 4 nitrogen and oxygen atoms in total. The van der Waals surface area contributed by atoms with Gasteiger partial charge in [-0.15, -0.1) is 0 Å². The van der Waals surface area contributed by atoms with E-state index in [1.807, 2.05) is 0 Å². The van der Waals surface area contributed by atoms with Gasteiger partial charge < -0.3 is 22.9 Å². The van der Waals surface area contributed by atoms with Crippen molar-refractivity contribution >= 4 is 0 Å². The number of nitrogens with two attached hydrogens (primary N) is 4. The third kappa shape index (κ3) is 14.8. The second kappa shape index (κ2) is 17.2. The SMILES string of the molecule is NCCCCCCCCCCCC(N)C(N)CCCCCN. The van der Waals surface area contributed by atoms with E-state index in [2.05, 4.69) is 0 Å². The first-order valence-electron chi connectivity index (χ1n) is 9.63. The maximum atomic E-state index is 6.18. The van der Waals surface area contributed by atoms with Crippen LogP contribution in [0.5, 0.6) is 0 Å². The monoisotopic (exact) mass is 314 g/mol. The molecule has 0 radical (unpaired) electrons. The Morgan fingerprint density at radius 2 is 0.682 bits per heavy atom. The Morgan fingerprint density at radius 3 is 1.05 bits per heavy atom. The molecule has 0 bridgehead atoms. The van der Waals surface area contributed by atoms with Gasteiger partial charge in [0, 0.05) is 12.1 Å². The van der Waals surface area contributed by atoms with Crippen LogP contribution < -0.4 is 22.9 Å². The van der Waals surface area contributed by atoms with Crippen LogP contribution >= 0.6 is 0 Å². The molecule has 0 aromatic rings. The summed E-state index contributed by atoms with van der Waals surface area (Å²) in [5.74, 6) is 0. The van der Waals surface area contributed by atoms with Crippen molar-refractivity contribution < 1.29 is 0 Å². The maximum Gasteiger partial charge on any atom is 0.0192 e. The Kier molecular flexibility index (Phi) is 17.1. The van der Waals surface area contributed by atoms with Crippen LogP contribution in [-0.2, 0) is 0 Å². The topological polar surface area (TPSA) is 104 Å². The first-order valence-corrected chi connectivity index (χ1v) is 9.63. The van der Waals surface area contributed by atoms with Crippen molar-refractivity contribution in [3.05, 3.63) is 0 Å². The molecule has 0 aliphatic carbocycles. The molecule has 2 atom stereocenters. The van der Waals surface area contributed by atoms with Crippen molar-refractivity contribution in [1.82, 2.24) is 0 Å². The summed E-state index contributed by atoms with van der Waals surface area (Å²) in [4.78, 5) is 0. The molecule has 0 aromatic carbocycles. The Balaban J connectivity index is 3.28. The quantitative estimate of drug-likeness (QED) is 0.310. The molecule has 0 amide bonds. The molecule has 0 spiro atoms. The van der Waals surface area contributed by atoms with Crippen LogP contribution in [0.2, 0.25) is 0 Å². The first kappa shape index (κ1) is 21.8. The van der Waals surface area contributed by atoms with E-state index in [0.717, 1.165) is 38.8 Å². The molecular weight excluding hydrogens is 272 g/mol. The van der Waals surface area contributed by atoms with Crippen LogP contribution in [0.25, 0.3) is 0 Å². The van der Waals surface area contributed by atoms with Crippen LogP contribution in [0.4, 0.5) is 0 Å². The van der Waals surface area contributed by atoms with E-state index >= 15 is 0 Å². The fraction of sp³-hybridized carbons (Fsp3) is 1.00. The van der Waals surface area contributed by atoms with E-state index in [9.17, 15) is 0 Å². The average molecular weight is 315 g/mol. The van der Waals surface area contributed by atoms with Gasteiger partial charge in [-0.1, -0.05) is 64.2 Å². The molecule has 8 N–H and O–H groups in total. The molecule has 0 rings (SSSR count). The average Bonchev–Trinajstić information content (AvgIpc) is 2.53. The molecule has 0 aliphatic rings. The van der Waals surface area contributed by atoms with E-state index in [0.29, 0.717) is 0 Å². The highest BCUT2D eigenvalue weighted by Crippen LogP contribution is 2.13. The van der Waals surface area contributed by atoms with Gasteiger partial charge in [-0.25, -0.2) is 0 Å². The fourth-order valence-electron chi connectivity index (χ4n) is 2.89. The summed E-state index contributed by atoms with van der Waals surface area (Å²) in [6.07, 6.45) is 17.4. The molecule has 4 heteroatoms. The summed E-state index contributed by atoms with van der Waals surface area (Å²) >= 11 is 0. The number of unbranched alkanes of at least 4 members (excludes halogenated alkanes) is 10. The second-order valence-corrected chi connectivity index (χ2v) is 6.73. The molecule has 0 saturated heterocycles. The van der Waals surface area contributed by atoms with E-state index in [1.165, 1.54) is 64.2 Å². The lowest BCUT2D eigenvalue weighted by Gasteiger charge is -2.19. The summed E-state index contributed by atoms with van der Waals surface area (Å²) in [6.45, 7) is 1.63. The standard InChI is InChI=1S/C18H42N4/c19-15-11-7-5-3-1-2-4-6-9-13-17(21)18(22)14-10-8-12-16-20/h17-18H,1-16,19-22H2. The third-order valence-electron chi connectivity index (χ3n) is 4.53. The lowest BCUT2D eigenvalue weighted by atomic mass is 9.97. The Morgan fingerprint density at radius 1 is 0.409 bits per heavy atom. The third-order valence-corrected chi connectivity index (χ3v) is 4.53. The smallest absolute Gasteiger partial charge is 0.0192 e. The molecule has 2 unspecified atom stereocenters. The van der Waals surface area contributed by atoms with E-state index in [4.69, 9.17) is 22.9 Å². The van der Waals surface area contributed by atoms with E-state index < -0.39 is 0 Å². The van der Waals surface area contributed by atoms with Gasteiger partial charge in [0.25, 0.3) is 0 Å². The lowest BCUT2D eigenvalue weighted by Crippen LogP contribution is -2.41. The summed E-state index contributed by atoms with van der Waals surface area (Å²) in [7, 11) is 0. The number of hydrogen-bond donors (Lipinski definition) is 4. The minimum absolute atomic E-state index is 0.167. The summed E-state index contributed by atoms with van der Waals surface area (Å²) in [5.41, 5.74) is 23.3. The van der Waals surface area contributed by atoms with Crippen molar-refractivity contribution in [1.29, 1.82) is 0 Å². The lowest BCUT2D eigenvalue weighted by molar-refractivity contribution is 0.431. The zero-order valence-corrected chi connectivity index (χ0v) is 14.8. The predicted molar refractivity (Wildman–Crippen MR) is 98.7 cm³/mol. The largest absolute Gasteiger partial charge is 0.330 e. The van der Waals surface area contributed by atoms with Gasteiger partial charge in [0.2, 0.25) is 0 Å². The summed E-state index contributed by atoms with van der Waals surface area (Å²) in [5, 5.41) is 0. The molecule has 0 saturated carbocycles. The molecule has 0 aromatic heterocycles. The van der Waals surface area contributed by atoms with Gasteiger partial charge in [0.05, 0.1) is 0 Å². The highest BCUT2D eigenvalue weighted by Gasteiger charge is 2.12. The summed E-state index contributed by atoms with van der Waals surface area (Å²) in [6, 6.07) is 0.342. The van der Waals surface area contributed by atoms with Crippen molar-refractivity contribution in [2.24, 2.45) is 22.9 Å². The predicted octanol–water partition coefficient (Wildman–Crippen LogP) is 3.02. The molecule has 22 heavy (non-hydrogen) atoms. The Bertz CT molecular complexity index is 211. The number of hydrogen-bond acceptors (Lipinski definition) is 4. The van der Waals surface area contributed by atoms with Crippen molar-refractivity contribution in [3.63, 3.8) is 0 Å². The van der Waals surface area contributed by atoms with Gasteiger partial charge in [-0.05, 0) is 38.8 Å². The fourth-order valence-corrected chi connectivity index (χ4v) is 2.89. The van der Waals surface area contributed by atoms with Crippen LogP contribution in [0.1, 0.15) is 89.9 Å². The van der Waals surface area contributed by atoms with Gasteiger partial charge >= 0.3 is 0 Å². The van der Waals surface area contributed by atoms with Crippen LogP contribution in [-0.4, -0.2) is 25.2 Å². The molecule has 0 heterocycles. The van der Waals surface area contributed by atoms with Gasteiger partial charge in [-0.2, -0.15) is 0 Å². The highest BCUT2D eigenvalue weighted by atomic mass is 14.8. The van der Waals surface area contributed by atoms with Crippen molar-refractivity contribution in [3.8, 4) is 0 Å². The minimum Gasteiger partial charge on any atom is -0.330 e. The van der Waals surface area contributed by atoms with Gasteiger partial charge in [0.1, 0.15) is 0 Å². The van der Waals surface area contributed by atoms with Gasteiger partial charge in [0.15, 0.2) is 0 Å². The first-order chi connectivity index (χ1) is 10.7. The molecule has 134 valence electrons. The number of rotatable bonds is 17. The van der Waals surface area contributed by atoms with E-state index in [-0.39, 0.29) is 12.1 Å². The second-order valence-electron chi connectivity index (χ2n) is 6.73. The molecular formula is C18H42N4. The van der Waals surface area contributed by atoms with E-state index in [1.54, 1.807) is 0 Å². The molecule has 0 fully saturated rings. The highest BCUT2D eigenvalue weighted by molar-refractivity contribution is 4.75. The van der Waals surface area contributed by atoms with Crippen LogP contribution in [0.3, 0.4) is 0 Å². The zero-order valence-electron chi connectivity index (χ0n) is 14.8. The summed E-state index contributed by atoms with van der Waals surface area (Å²) < 4.78 is 0. The zero-order chi connectivity index (χ0) is 16.5. The maximum absolute atomic E-state index is 6.18. The Hall–Kier alpha value is -0.160. The van der Waals surface area contributed by atoms with Crippen molar-refractivity contribution in [2.75, 3.05) is 13.1 Å². The van der Waals surface area contributed by atoms with Gasteiger partial charge in [-0.3, -0.25) is 0 Å². The molecule has 0 aliphatic heterocycles. The minimum atomic E-state index is 0.167. The normalized spacial score (nSPS) is 14.2. The van der Waals surface area contributed by atoms with Crippen molar-refractivity contribution in [2.45, 2.75) is 102 Å². The van der Waals surface area contributed by atoms with Crippen LogP contribution in [0, 0.1) is 0 Å². The van der Waals surface area contributed by atoms with Crippen LogP contribution in [0.15, 0.2) is 0 Å². The Labute approximate surface area is 138 Å².